The Labute approximate surface area is 138 Å². The molecule has 0 bridgehead atoms. The number of pyridine rings is 1. The molecule has 2 aromatic rings. The summed E-state index contributed by atoms with van der Waals surface area (Å²) in [5.41, 5.74) is 4.88. The van der Waals surface area contributed by atoms with E-state index in [-0.39, 0.29) is 5.91 Å². The van der Waals surface area contributed by atoms with Gasteiger partial charge in [-0.3, -0.25) is 9.78 Å². The number of hydrogen-bond donors (Lipinski definition) is 2. The standard InChI is InChI=1S/C19H25N3O/c1-4-6-11-21-19(23)17-13-16(10-12-20-17)22-18-14(3)8-7-9-15(18)5-2/h7-10,12-13H,4-6,11H2,1-3H3,(H,20,22)(H,21,23). The molecular weight excluding hydrogens is 286 g/mol. The van der Waals surface area contributed by atoms with Crippen LogP contribution < -0.4 is 10.6 Å². The zero-order valence-electron chi connectivity index (χ0n) is 14.1. The van der Waals surface area contributed by atoms with Crippen molar-refractivity contribution in [2.75, 3.05) is 11.9 Å². The van der Waals surface area contributed by atoms with Crippen molar-refractivity contribution in [3.05, 3.63) is 53.3 Å². The number of rotatable bonds is 7. The minimum atomic E-state index is -0.123. The van der Waals surface area contributed by atoms with Gasteiger partial charge >= 0.3 is 0 Å². The molecule has 0 atom stereocenters. The number of unbranched alkanes of at least 4 members (excludes halogenated alkanes) is 1. The number of aryl methyl sites for hydroxylation is 2. The largest absolute Gasteiger partial charge is 0.355 e. The second-order valence-corrected chi connectivity index (χ2v) is 5.63. The number of anilines is 2. The molecule has 1 aromatic carbocycles. The van der Waals surface area contributed by atoms with Crippen LogP contribution in [0.2, 0.25) is 0 Å². The van der Waals surface area contributed by atoms with Crippen LogP contribution >= 0.6 is 0 Å². The summed E-state index contributed by atoms with van der Waals surface area (Å²) in [5, 5.41) is 6.33. The van der Waals surface area contributed by atoms with Crippen molar-refractivity contribution >= 4 is 17.3 Å². The van der Waals surface area contributed by atoms with Crippen LogP contribution in [0.3, 0.4) is 0 Å². The SMILES string of the molecule is CCCCNC(=O)c1cc(Nc2c(C)cccc2CC)ccn1. The van der Waals surface area contributed by atoms with Crippen molar-refractivity contribution in [3.8, 4) is 0 Å². The van der Waals surface area contributed by atoms with Gasteiger partial charge in [0.1, 0.15) is 5.69 Å². The quantitative estimate of drug-likeness (QED) is 0.753. The number of nitrogens with one attached hydrogen (secondary N) is 2. The summed E-state index contributed by atoms with van der Waals surface area (Å²) in [6.45, 7) is 7.01. The first-order valence-electron chi connectivity index (χ1n) is 8.25. The first-order valence-corrected chi connectivity index (χ1v) is 8.25. The molecule has 2 N–H and O–H groups in total. The van der Waals surface area contributed by atoms with Gasteiger partial charge in [0.05, 0.1) is 0 Å². The van der Waals surface area contributed by atoms with Crippen LogP contribution in [-0.4, -0.2) is 17.4 Å². The van der Waals surface area contributed by atoms with Crippen molar-refractivity contribution in [1.82, 2.24) is 10.3 Å². The van der Waals surface area contributed by atoms with Crippen molar-refractivity contribution in [2.45, 2.75) is 40.0 Å². The van der Waals surface area contributed by atoms with Crippen LogP contribution in [0.15, 0.2) is 36.5 Å². The Kier molecular flexibility index (Phi) is 6.15. The normalized spacial score (nSPS) is 10.4. The molecule has 0 aliphatic rings. The lowest BCUT2D eigenvalue weighted by Crippen LogP contribution is -2.25. The summed E-state index contributed by atoms with van der Waals surface area (Å²) >= 11 is 0. The third kappa shape index (κ3) is 4.55. The molecule has 2 rings (SSSR count). The van der Waals surface area contributed by atoms with Gasteiger partial charge in [-0.25, -0.2) is 0 Å². The van der Waals surface area contributed by atoms with Crippen LogP contribution in [0.5, 0.6) is 0 Å². The van der Waals surface area contributed by atoms with Crippen LogP contribution in [0, 0.1) is 6.92 Å². The fourth-order valence-electron chi connectivity index (χ4n) is 2.45. The topological polar surface area (TPSA) is 54.0 Å². The number of carbonyl (C=O) groups excluding carboxylic acids is 1. The van der Waals surface area contributed by atoms with Crippen molar-refractivity contribution in [3.63, 3.8) is 0 Å². The molecule has 0 fully saturated rings. The number of aromatic nitrogens is 1. The third-order valence-corrected chi connectivity index (χ3v) is 3.82. The van der Waals surface area contributed by atoms with Crippen molar-refractivity contribution in [2.24, 2.45) is 0 Å². The molecule has 0 aliphatic carbocycles. The van der Waals surface area contributed by atoms with Gasteiger partial charge in [-0.05, 0) is 43.0 Å². The van der Waals surface area contributed by atoms with Crippen LogP contribution in [0.4, 0.5) is 11.4 Å². The Morgan fingerprint density at radius 3 is 2.78 bits per heavy atom. The van der Waals surface area contributed by atoms with E-state index in [1.54, 1.807) is 12.3 Å². The molecule has 122 valence electrons. The molecule has 0 aliphatic heterocycles. The van der Waals surface area contributed by atoms with E-state index in [2.05, 4.69) is 54.6 Å². The van der Waals surface area contributed by atoms with Gasteiger partial charge in [0.25, 0.3) is 5.91 Å². The second kappa shape index (κ2) is 8.32. The fraction of sp³-hybridized carbons (Fsp3) is 0.368. The molecule has 0 unspecified atom stereocenters. The lowest BCUT2D eigenvalue weighted by atomic mass is 10.1. The Hall–Kier alpha value is -2.36. The molecule has 0 saturated heterocycles. The minimum absolute atomic E-state index is 0.123. The van der Waals surface area contributed by atoms with Gasteiger partial charge in [-0.2, -0.15) is 0 Å². The summed E-state index contributed by atoms with van der Waals surface area (Å²) < 4.78 is 0. The van der Waals surface area contributed by atoms with E-state index in [9.17, 15) is 4.79 Å². The maximum atomic E-state index is 12.1. The second-order valence-electron chi connectivity index (χ2n) is 5.63. The van der Waals surface area contributed by atoms with E-state index >= 15 is 0 Å². The Balaban J connectivity index is 2.16. The van der Waals surface area contributed by atoms with E-state index in [0.29, 0.717) is 12.2 Å². The van der Waals surface area contributed by atoms with Crippen molar-refractivity contribution < 1.29 is 4.79 Å². The van der Waals surface area contributed by atoms with Crippen molar-refractivity contribution in [1.29, 1.82) is 0 Å². The molecule has 4 nitrogen and oxygen atoms in total. The number of amides is 1. The minimum Gasteiger partial charge on any atom is -0.355 e. The molecule has 1 aromatic heterocycles. The Bertz CT molecular complexity index is 667. The predicted molar refractivity (Wildman–Crippen MR) is 95.3 cm³/mol. The molecule has 0 saturated carbocycles. The molecule has 23 heavy (non-hydrogen) atoms. The predicted octanol–water partition coefficient (Wildman–Crippen LogP) is 4.23. The molecule has 4 heteroatoms. The fourth-order valence-corrected chi connectivity index (χ4v) is 2.45. The van der Waals surface area contributed by atoms with Crippen LogP contribution in [0.1, 0.15) is 48.3 Å². The van der Waals surface area contributed by atoms with Crippen LogP contribution in [-0.2, 0) is 6.42 Å². The summed E-state index contributed by atoms with van der Waals surface area (Å²) in [6, 6.07) is 9.95. The van der Waals surface area contributed by atoms with Gasteiger partial charge in [0, 0.05) is 24.1 Å². The highest BCUT2D eigenvalue weighted by Gasteiger charge is 2.09. The smallest absolute Gasteiger partial charge is 0.269 e. The molecule has 0 spiro atoms. The zero-order valence-corrected chi connectivity index (χ0v) is 14.1. The number of hydrogen-bond acceptors (Lipinski definition) is 3. The third-order valence-electron chi connectivity index (χ3n) is 3.82. The monoisotopic (exact) mass is 311 g/mol. The van der Waals surface area contributed by atoms with Gasteiger partial charge in [-0.1, -0.05) is 38.5 Å². The van der Waals surface area contributed by atoms with Gasteiger partial charge in [0.2, 0.25) is 0 Å². The maximum Gasteiger partial charge on any atom is 0.269 e. The van der Waals surface area contributed by atoms with E-state index in [4.69, 9.17) is 0 Å². The molecule has 1 heterocycles. The Morgan fingerprint density at radius 2 is 2.04 bits per heavy atom. The molecule has 0 radical (unpaired) electrons. The lowest BCUT2D eigenvalue weighted by molar-refractivity contribution is 0.0948. The van der Waals surface area contributed by atoms with E-state index in [1.807, 2.05) is 6.07 Å². The Morgan fingerprint density at radius 1 is 1.22 bits per heavy atom. The average Bonchev–Trinajstić information content (AvgIpc) is 2.57. The summed E-state index contributed by atoms with van der Waals surface area (Å²) in [4.78, 5) is 16.3. The first kappa shape index (κ1) is 17.0. The average molecular weight is 311 g/mol. The lowest BCUT2D eigenvalue weighted by Gasteiger charge is -2.14. The molecule has 1 amide bonds. The summed E-state index contributed by atoms with van der Waals surface area (Å²) in [7, 11) is 0. The van der Waals surface area contributed by atoms with E-state index < -0.39 is 0 Å². The highest BCUT2D eigenvalue weighted by atomic mass is 16.1. The highest BCUT2D eigenvalue weighted by molar-refractivity contribution is 5.93. The zero-order chi connectivity index (χ0) is 16.7. The number of para-hydroxylation sites is 1. The number of carbonyl (C=O) groups is 1. The first-order chi connectivity index (χ1) is 11.2. The maximum absolute atomic E-state index is 12.1. The number of nitrogens with zero attached hydrogens (tertiary/aromatic N) is 1. The summed E-state index contributed by atoms with van der Waals surface area (Å²) in [5.74, 6) is -0.123. The van der Waals surface area contributed by atoms with Crippen LogP contribution in [0.25, 0.3) is 0 Å². The van der Waals surface area contributed by atoms with Gasteiger partial charge in [-0.15, -0.1) is 0 Å². The van der Waals surface area contributed by atoms with Gasteiger partial charge < -0.3 is 10.6 Å². The summed E-state index contributed by atoms with van der Waals surface area (Å²) in [6.07, 6.45) is 4.66. The van der Waals surface area contributed by atoms with E-state index in [0.717, 1.165) is 30.6 Å². The van der Waals surface area contributed by atoms with E-state index in [1.165, 1.54) is 11.1 Å². The highest BCUT2D eigenvalue weighted by Crippen LogP contribution is 2.25. The molecular formula is C19H25N3O. The van der Waals surface area contributed by atoms with Gasteiger partial charge in [0.15, 0.2) is 0 Å². The number of benzene rings is 1.